The molecule has 3 aromatic carbocycles. The molecule has 2 aromatic heterocycles. The van der Waals surface area contributed by atoms with E-state index in [0.717, 1.165) is 75.2 Å². The van der Waals surface area contributed by atoms with Crippen molar-refractivity contribution in [3.63, 3.8) is 0 Å². The second kappa shape index (κ2) is 16.5. The maximum Gasteiger partial charge on any atom is 0.357 e. The topological polar surface area (TPSA) is 219 Å². The number of nitrogens with zero attached hydrogens (tertiary/aromatic N) is 6. The Labute approximate surface area is 301 Å². The zero-order chi connectivity index (χ0) is 38.3. The molecule has 0 fully saturated rings. The van der Waals surface area contributed by atoms with Gasteiger partial charge < -0.3 is 28.7 Å². The molecule has 2 atom stereocenters. The normalized spacial score (nSPS) is 12.9. The van der Waals surface area contributed by atoms with Gasteiger partial charge >= 0.3 is 27.3 Å². The Morgan fingerprint density at radius 3 is 1.47 bits per heavy atom. The number of aromatic amines is 2. The Morgan fingerprint density at radius 2 is 1.09 bits per heavy atom. The summed E-state index contributed by atoms with van der Waals surface area (Å²) in [6, 6.07) is 12.4. The van der Waals surface area contributed by atoms with Gasteiger partial charge in [-0.1, -0.05) is 30.3 Å². The van der Waals surface area contributed by atoms with E-state index >= 15 is 0 Å². The number of amides is 4. The average molecular weight is 775 g/mol. The number of carbonyl (C=O) groups is 2. The number of rotatable bonds is 14. The lowest BCUT2D eigenvalue weighted by Gasteiger charge is -2.33. The van der Waals surface area contributed by atoms with Crippen molar-refractivity contribution >= 4 is 50.5 Å². The highest BCUT2D eigenvalue weighted by molar-refractivity contribution is 7.54. The molecule has 22 heteroatoms. The summed E-state index contributed by atoms with van der Waals surface area (Å²) in [4.78, 5) is 38.4. The number of nitrogens with one attached hydrogen (secondary N) is 4. The monoisotopic (exact) mass is 774 g/mol. The van der Waals surface area contributed by atoms with Crippen LogP contribution >= 0.6 is 15.2 Å². The predicted octanol–water partition coefficient (Wildman–Crippen LogP) is 6.96. The molecule has 5 rings (SSSR count). The number of urea groups is 2. The van der Waals surface area contributed by atoms with Gasteiger partial charge in [0.15, 0.2) is 11.6 Å². The fourth-order valence-corrected chi connectivity index (χ4v) is 8.40. The van der Waals surface area contributed by atoms with Crippen molar-refractivity contribution in [2.75, 3.05) is 48.9 Å². The van der Waals surface area contributed by atoms with E-state index in [1.165, 1.54) is 36.4 Å². The zero-order valence-corrected chi connectivity index (χ0v) is 30.5. The van der Waals surface area contributed by atoms with Crippen LogP contribution in [0.3, 0.4) is 0 Å². The minimum absolute atomic E-state index is 0.128. The van der Waals surface area contributed by atoms with Crippen LogP contribution in [0.2, 0.25) is 0 Å². The van der Waals surface area contributed by atoms with E-state index in [4.69, 9.17) is 18.1 Å². The van der Waals surface area contributed by atoms with Gasteiger partial charge in [0.05, 0.1) is 0 Å². The second-order valence-corrected chi connectivity index (χ2v) is 15.5. The third-order valence-electron chi connectivity index (χ3n) is 7.87. The highest BCUT2D eigenvalue weighted by Gasteiger charge is 2.46. The van der Waals surface area contributed by atoms with Gasteiger partial charge in [0.25, 0.3) is 0 Å². The molecule has 0 saturated carbocycles. The molecule has 18 nitrogen and oxygen atoms in total. The fourth-order valence-electron chi connectivity index (χ4n) is 5.23. The first-order valence-corrected chi connectivity index (χ1v) is 18.6. The first-order chi connectivity index (χ1) is 25.4. The van der Waals surface area contributed by atoms with Crippen LogP contribution in [0.4, 0.5) is 41.6 Å². The van der Waals surface area contributed by atoms with Crippen LogP contribution in [-0.2, 0) is 27.2 Å². The molecule has 5 aromatic rings. The Bertz CT molecular complexity index is 2090. The molecule has 0 saturated heterocycles. The Kier molecular flexibility index (Phi) is 12.1. The largest absolute Gasteiger partial charge is 0.357 e. The number of anilines is 4. The van der Waals surface area contributed by atoms with Crippen LogP contribution < -0.4 is 20.4 Å². The third kappa shape index (κ3) is 8.33. The summed E-state index contributed by atoms with van der Waals surface area (Å²) in [7, 11) is -3.87. The minimum Gasteiger partial charge on any atom is -0.310 e. The second-order valence-electron chi connectivity index (χ2n) is 10.9. The van der Waals surface area contributed by atoms with Crippen LogP contribution in [0, 0.1) is 18.6 Å². The maximum absolute atomic E-state index is 14.2. The molecule has 280 valence electrons. The summed E-state index contributed by atoms with van der Waals surface area (Å²) >= 11 is 0. The Morgan fingerprint density at radius 1 is 0.679 bits per heavy atom. The smallest absolute Gasteiger partial charge is 0.310 e. The number of benzene rings is 3. The lowest BCUT2D eigenvalue weighted by molar-refractivity contribution is 0.247. The van der Waals surface area contributed by atoms with Gasteiger partial charge in [-0.25, -0.2) is 38.4 Å². The number of halogens is 2. The molecule has 0 bridgehead atoms. The zero-order valence-electron chi connectivity index (χ0n) is 28.8. The van der Waals surface area contributed by atoms with Crippen LogP contribution in [0.25, 0.3) is 0 Å². The van der Waals surface area contributed by atoms with E-state index in [0.29, 0.717) is 5.56 Å². The summed E-state index contributed by atoms with van der Waals surface area (Å²) in [5.41, 5.74) is 1.17. The van der Waals surface area contributed by atoms with Gasteiger partial charge in [0.1, 0.15) is 24.3 Å². The van der Waals surface area contributed by atoms with Gasteiger partial charge in [0, 0.05) is 39.8 Å². The van der Waals surface area contributed by atoms with Gasteiger partial charge in [-0.15, -0.1) is 0 Å². The van der Waals surface area contributed by atoms with Gasteiger partial charge in [0.2, 0.25) is 11.9 Å². The van der Waals surface area contributed by atoms with E-state index < -0.39 is 50.5 Å². The first-order valence-electron chi connectivity index (χ1n) is 15.3. The molecule has 2 heterocycles. The van der Waals surface area contributed by atoms with E-state index in [-0.39, 0.29) is 34.4 Å². The molecule has 0 spiro atoms. The molecule has 0 aliphatic rings. The first kappa shape index (κ1) is 38.9. The van der Waals surface area contributed by atoms with Gasteiger partial charge in [-0.3, -0.25) is 9.13 Å². The van der Waals surface area contributed by atoms with E-state index in [1.807, 2.05) is 0 Å². The van der Waals surface area contributed by atoms with Gasteiger partial charge in [-0.2, -0.15) is 20.2 Å². The molecule has 4 amide bonds. The summed E-state index contributed by atoms with van der Waals surface area (Å²) in [6.07, 6.45) is 2.24. The molecular weight excluding hydrogens is 740 g/mol. The molecule has 0 aliphatic carbocycles. The number of hydrogen-bond acceptors (Lipinski definition) is 12. The molecule has 4 N–H and O–H groups in total. The van der Waals surface area contributed by atoms with E-state index in [2.05, 4.69) is 41.0 Å². The van der Waals surface area contributed by atoms with E-state index in [1.54, 1.807) is 13.0 Å². The van der Waals surface area contributed by atoms with E-state index in [9.17, 15) is 27.5 Å². The number of H-pyrrole nitrogens is 2. The summed E-state index contributed by atoms with van der Waals surface area (Å²) in [5.74, 6) is -4.48. The number of aromatic nitrogens is 6. The number of aryl methyl sites for hydroxylation is 1. The lowest BCUT2D eigenvalue weighted by atomic mass is 10.1. The molecule has 0 radical (unpaired) electrons. The van der Waals surface area contributed by atoms with Crippen molar-refractivity contribution in [3.8, 4) is 0 Å². The number of carbonyl (C=O) groups excluding carboxylic acids is 2. The van der Waals surface area contributed by atoms with Crippen molar-refractivity contribution in [1.29, 1.82) is 0 Å². The highest BCUT2D eigenvalue weighted by Crippen LogP contribution is 2.63. The average Bonchev–Trinajstić information content (AvgIpc) is 3.90. The lowest BCUT2D eigenvalue weighted by Crippen LogP contribution is -2.40. The quantitative estimate of drug-likeness (QED) is 0.0842. The summed E-state index contributed by atoms with van der Waals surface area (Å²) in [6.45, 7) is 1.67. The standard InChI is InChI=1S/C31H34F2N10O8P2/c1-19-6-15-24(38-30(44)42(28-34-17-36-40-28)26(52(46,48-2)49-3)20-7-11-22(32)12-8-20)16-25(19)39-31(45)43(29-35-18-37-41-29)27(53(47,50-4)51-5)21-9-13-23(33)14-10-21/h6-18,26-27H,1-5H3,(H,38,44)(H,39,45)(H,34,36,40)(H,35,37,41)/t26-,27+/m0/s1. The molecule has 0 unspecified atom stereocenters. The van der Waals surface area contributed by atoms with Crippen molar-refractivity contribution in [3.05, 3.63) is 108 Å². The fraction of sp³-hybridized carbons (Fsp3) is 0.226. The predicted molar refractivity (Wildman–Crippen MR) is 188 cm³/mol. The van der Waals surface area contributed by atoms with Crippen LogP contribution in [0.5, 0.6) is 0 Å². The van der Waals surface area contributed by atoms with Crippen LogP contribution in [0.1, 0.15) is 28.3 Å². The molecule has 53 heavy (non-hydrogen) atoms. The van der Waals surface area contributed by atoms with Crippen molar-refractivity contribution < 1.29 is 45.6 Å². The third-order valence-corrected chi connectivity index (χ3v) is 12.2. The summed E-state index contributed by atoms with van der Waals surface area (Å²) < 4.78 is 76.9. The van der Waals surface area contributed by atoms with Crippen LogP contribution in [-0.4, -0.2) is 70.9 Å². The van der Waals surface area contributed by atoms with Crippen molar-refractivity contribution in [2.45, 2.75) is 18.5 Å². The van der Waals surface area contributed by atoms with Gasteiger partial charge in [-0.05, 0) is 60.0 Å². The van der Waals surface area contributed by atoms with Crippen molar-refractivity contribution in [1.82, 2.24) is 30.4 Å². The number of hydrogen-bond donors (Lipinski definition) is 4. The highest BCUT2D eigenvalue weighted by atomic mass is 31.2. The maximum atomic E-state index is 14.2. The van der Waals surface area contributed by atoms with Crippen molar-refractivity contribution in [2.24, 2.45) is 0 Å². The minimum atomic E-state index is -4.20. The Balaban J connectivity index is 1.52. The molecular formula is C31H34F2N10O8P2. The molecule has 0 aliphatic heterocycles. The van der Waals surface area contributed by atoms with Crippen LogP contribution in [0.15, 0.2) is 79.4 Å². The Hall–Kier alpha value is -5.36. The SMILES string of the molecule is COP(=O)(OC)[C@H](c1ccc(F)cc1)N(C(=O)Nc1cc(NC(=O)N(c2ncn[nH]2)[C@H](c2ccc(F)cc2)P(=O)(OC)OC)ccc1C)c1ncn[nH]1. The summed E-state index contributed by atoms with van der Waals surface area (Å²) in [5, 5.41) is 18.2.